The standard InChI is InChI=1S/C13H24ClNO/c1-13(2,3)11-6-4-10(5-7-11)12(16)15-9-8-14/h10-11H,4-9H2,1-3H3,(H,15,16). The number of alkyl halides is 1. The van der Waals surface area contributed by atoms with Crippen LogP contribution in [0.3, 0.4) is 0 Å². The lowest BCUT2D eigenvalue weighted by Gasteiger charge is -2.36. The molecule has 0 aromatic rings. The smallest absolute Gasteiger partial charge is 0.223 e. The Kier molecular flexibility index (Phi) is 5.10. The Hall–Kier alpha value is -0.240. The zero-order valence-corrected chi connectivity index (χ0v) is 11.4. The maximum Gasteiger partial charge on any atom is 0.223 e. The van der Waals surface area contributed by atoms with Crippen LogP contribution in [-0.2, 0) is 4.79 Å². The van der Waals surface area contributed by atoms with Crippen LogP contribution in [0.25, 0.3) is 0 Å². The second-order valence-corrected chi connectivity index (χ2v) is 6.27. The molecule has 0 aromatic carbocycles. The predicted molar refractivity (Wildman–Crippen MR) is 68.6 cm³/mol. The number of rotatable bonds is 3. The highest BCUT2D eigenvalue weighted by atomic mass is 35.5. The number of hydrogen-bond acceptors (Lipinski definition) is 1. The zero-order valence-electron chi connectivity index (χ0n) is 10.7. The van der Waals surface area contributed by atoms with E-state index in [4.69, 9.17) is 11.6 Å². The van der Waals surface area contributed by atoms with Crippen molar-refractivity contribution in [2.75, 3.05) is 12.4 Å². The molecule has 3 heteroatoms. The van der Waals surface area contributed by atoms with E-state index in [1.165, 1.54) is 12.8 Å². The molecule has 0 bridgehead atoms. The Morgan fingerprint density at radius 1 is 1.25 bits per heavy atom. The summed E-state index contributed by atoms with van der Waals surface area (Å²) in [7, 11) is 0. The normalized spacial score (nSPS) is 26.5. The molecule has 0 spiro atoms. The van der Waals surface area contributed by atoms with Crippen LogP contribution in [-0.4, -0.2) is 18.3 Å². The summed E-state index contributed by atoms with van der Waals surface area (Å²) < 4.78 is 0. The molecular weight excluding hydrogens is 222 g/mol. The van der Waals surface area contributed by atoms with Crippen molar-refractivity contribution in [1.82, 2.24) is 5.32 Å². The van der Waals surface area contributed by atoms with Gasteiger partial charge in [-0.1, -0.05) is 20.8 Å². The molecule has 2 nitrogen and oxygen atoms in total. The number of halogens is 1. The summed E-state index contributed by atoms with van der Waals surface area (Å²) in [6, 6.07) is 0. The molecule has 1 aliphatic carbocycles. The Morgan fingerprint density at radius 3 is 2.25 bits per heavy atom. The molecule has 1 aliphatic rings. The Balaban J connectivity index is 2.34. The van der Waals surface area contributed by atoms with Crippen LogP contribution in [0.4, 0.5) is 0 Å². The van der Waals surface area contributed by atoms with Crippen LogP contribution in [0.1, 0.15) is 46.5 Å². The minimum atomic E-state index is 0.202. The molecule has 1 saturated carbocycles. The number of carbonyl (C=O) groups excluding carboxylic acids is 1. The monoisotopic (exact) mass is 245 g/mol. The first-order valence-corrected chi connectivity index (χ1v) is 6.82. The van der Waals surface area contributed by atoms with Crippen LogP contribution in [0.2, 0.25) is 0 Å². The highest BCUT2D eigenvalue weighted by molar-refractivity contribution is 6.18. The number of amides is 1. The Bertz CT molecular complexity index is 227. The van der Waals surface area contributed by atoms with Gasteiger partial charge in [-0.15, -0.1) is 11.6 Å². The molecule has 0 radical (unpaired) electrons. The van der Waals surface area contributed by atoms with Gasteiger partial charge >= 0.3 is 0 Å². The molecule has 0 atom stereocenters. The number of nitrogens with one attached hydrogen (secondary N) is 1. The molecule has 1 fully saturated rings. The van der Waals surface area contributed by atoms with Crippen molar-refractivity contribution in [3.8, 4) is 0 Å². The van der Waals surface area contributed by atoms with Crippen molar-refractivity contribution in [3.63, 3.8) is 0 Å². The van der Waals surface area contributed by atoms with Crippen LogP contribution in [0.5, 0.6) is 0 Å². The molecule has 0 aromatic heterocycles. The van der Waals surface area contributed by atoms with E-state index in [0.29, 0.717) is 17.8 Å². The minimum absolute atomic E-state index is 0.202. The second-order valence-electron chi connectivity index (χ2n) is 5.89. The van der Waals surface area contributed by atoms with Crippen LogP contribution in [0.15, 0.2) is 0 Å². The minimum Gasteiger partial charge on any atom is -0.355 e. The molecule has 0 saturated heterocycles. The topological polar surface area (TPSA) is 29.1 Å². The molecule has 0 unspecified atom stereocenters. The second kappa shape index (κ2) is 5.90. The molecular formula is C13H24ClNO. The van der Waals surface area contributed by atoms with E-state index in [2.05, 4.69) is 26.1 Å². The van der Waals surface area contributed by atoms with Crippen LogP contribution >= 0.6 is 11.6 Å². The van der Waals surface area contributed by atoms with E-state index in [0.717, 1.165) is 18.8 Å². The van der Waals surface area contributed by atoms with E-state index < -0.39 is 0 Å². The average molecular weight is 246 g/mol. The Morgan fingerprint density at radius 2 is 1.81 bits per heavy atom. The van der Waals surface area contributed by atoms with Crippen molar-refractivity contribution >= 4 is 17.5 Å². The van der Waals surface area contributed by atoms with Gasteiger partial charge in [0.2, 0.25) is 5.91 Å². The lowest BCUT2D eigenvalue weighted by Crippen LogP contribution is -2.36. The largest absolute Gasteiger partial charge is 0.355 e. The summed E-state index contributed by atoms with van der Waals surface area (Å²) in [5.41, 5.74) is 0.386. The van der Waals surface area contributed by atoms with E-state index >= 15 is 0 Å². The van der Waals surface area contributed by atoms with Gasteiger partial charge in [0.05, 0.1) is 0 Å². The van der Waals surface area contributed by atoms with Crippen molar-refractivity contribution in [2.45, 2.75) is 46.5 Å². The third-order valence-electron chi connectivity index (χ3n) is 3.72. The lowest BCUT2D eigenvalue weighted by molar-refractivity contribution is -0.126. The van der Waals surface area contributed by atoms with E-state index in [-0.39, 0.29) is 11.8 Å². The summed E-state index contributed by atoms with van der Waals surface area (Å²) in [6.07, 6.45) is 4.44. The van der Waals surface area contributed by atoms with Gasteiger partial charge in [0.1, 0.15) is 0 Å². The highest BCUT2D eigenvalue weighted by Gasteiger charge is 2.31. The highest BCUT2D eigenvalue weighted by Crippen LogP contribution is 2.39. The van der Waals surface area contributed by atoms with Gasteiger partial charge in [-0.2, -0.15) is 0 Å². The Labute approximate surface area is 104 Å². The SMILES string of the molecule is CC(C)(C)C1CCC(C(=O)NCCCl)CC1. The lowest BCUT2D eigenvalue weighted by atomic mass is 9.70. The van der Waals surface area contributed by atoms with E-state index in [9.17, 15) is 4.79 Å². The van der Waals surface area contributed by atoms with Crippen molar-refractivity contribution in [2.24, 2.45) is 17.3 Å². The zero-order chi connectivity index (χ0) is 12.2. The van der Waals surface area contributed by atoms with Crippen molar-refractivity contribution in [3.05, 3.63) is 0 Å². The molecule has 0 heterocycles. The predicted octanol–water partition coefficient (Wildman–Crippen LogP) is 3.19. The number of carbonyl (C=O) groups is 1. The van der Waals surface area contributed by atoms with Gasteiger partial charge < -0.3 is 5.32 Å². The third kappa shape index (κ3) is 3.97. The molecule has 0 aliphatic heterocycles. The molecule has 16 heavy (non-hydrogen) atoms. The van der Waals surface area contributed by atoms with E-state index in [1.807, 2.05) is 0 Å². The molecule has 1 amide bonds. The number of hydrogen-bond donors (Lipinski definition) is 1. The fraction of sp³-hybridized carbons (Fsp3) is 0.923. The first-order chi connectivity index (χ1) is 7.45. The first kappa shape index (κ1) is 13.8. The van der Waals surface area contributed by atoms with Gasteiger partial charge in [0.15, 0.2) is 0 Å². The van der Waals surface area contributed by atoms with Gasteiger partial charge in [0, 0.05) is 18.3 Å². The maximum atomic E-state index is 11.7. The van der Waals surface area contributed by atoms with Gasteiger partial charge in [-0.25, -0.2) is 0 Å². The molecule has 94 valence electrons. The van der Waals surface area contributed by atoms with Gasteiger partial charge in [-0.05, 0) is 37.0 Å². The van der Waals surface area contributed by atoms with Crippen molar-refractivity contribution < 1.29 is 4.79 Å². The van der Waals surface area contributed by atoms with Gasteiger partial charge in [-0.3, -0.25) is 4.79 Å². The fourth-order valence-corrected chi connectivity index (χ4v) is 2.63. The van der Waals surface area contributed by atoms with E-state index in [1.54, 1.807) is 0 Å². The summed E-state index contributed by atoms with van der Waals surface area (Å²) in [5, 5.41) is 2.88. The van der Waals surface area contributed by atoms with Gasteiger partial charge in [0.25, 0.3) is 0 Å². The molecule has 1 rings (SSSR count). The average Bonchev–Trinajstić information content (AvgIpc) is 2.25. The first-order valence-electron chi connectivity index (χ1n) is 6.29. The molecule has 1 N–H and O–H groups in total. The van der Waals surface area contributed by atoms with Crippen LogP contribution in [0, 0.1) is 17.3 Å². The maximum absolute atomic E-state index is 11.7. The third-order valence-corrected chi connectivity index (χ3v) is 3.91. The quantitative estimate of drug-likeness (QED) is 0.761. The summed E-state index contributed by atoms with van der Waals surface area (Å²) in [4.78, 5) is 11.7. The summed E-state index contributed by atoms with van der Waals surface area (Å²) in [5.74, 6) is 1.70. The van der Waals surface area contributed by atoms with Crippen LogP contribution < -0.4 is 5.32 Å². The fourth-order valence-electron chi connectivity index (χ4n) is 2.54. The van der Waals surface area contributed by atoms with Crippen molar-refractivity contribution in [1.29, 1.82) is 0 Å². The summed E-state index contributed by atoms with van der Waals surface area (Å²) in [6.45, 7) is 7.49. The summed E-state index contributed by atoms with van der Waals surface area (Å²) >= 11 is 5.55.